The lowest BCUT2D eigenvalue weighted by atomic mass is 10.0. The zero-order chi connectivity index (χ0) is 17.8. The molecule has 0 bridgehead atoms. The zero-order valence-electron chi connectivity index (χ0n) is 15.4. The fourth-order valence-corrected chi connectivity index (χ4v) is 3.62. The molecular formula is C18H29ClN4O3. The molecule has 2 unspecified atom stereocenters. The van der Waals surface area contributed by atoms with Crippen molar-refractivity contribution in [2.75, 3.05) is 39.3 Å². The van der Waals surface area contributed by atoms with Gasteiger partial charge in [-0.1, -0.05) is 13.8 Å². The number of piperazine rings is 1. The Morgan fingerprint density at radius 2 is 2.00 bits per heavy atom. The first kappa shape index (κ1) is 20.7. The van der Waals surface area contributed by atoms with E-state index in [0.717, 1.165) is 45.7 Å². The number of hydrogen-bond acceptors (Lipinski definition) is 5. The summed E-state index contributed by atoms with van der Waals surface area (Å²) in [4.78, 5) is 29.6. The maximum absolute atomic E-state index is 13.0. The second-order valence-corrected chi connectivity index (χ2v) is 7.19. The minimum Gasteiger partial charge on any atom is -0.459 e. The summed E-state index contributed by atoms with van der Waals surface area (Å²) in [6.07, 6.45) is 2.46. The number of carbonyl (C=O) groups is 2. The van der Waals surface area contributed by atoms with Crippen molar-refractivity contribution in [3.05, 3.63) is 24.2 Å². The van der Waals surface area contributed by atoms with Gasteiger partial charge in [-0.25, -0.2) is 0 Å². The molecule has 26 heavy (non-hydrogen) atoms. The maximum atomic E-state index is 13.0. The van der Waals surface area contributed by atoms with Crippen LogP contribution in [0.25, 0.3) is 0 Å². The van der Waals surface area contributed by atoms with Gasteiger partial charge in [0.2, 0.25) is 5.91 Å². The Balaban J connectivity index is 0.00000243. The van der Waals surface area contributed by atoms with Crippen molar-refractivity contribution >= 4 is 24.2 Å². The predicted molar refractivity (Wildman–Crippen MR) is 101 cm³/mol. The highest BCUT2D eigenvalue weighted by molar-refractivity contribution is 5.95. The van der Waals surface area contributed by atoms with Gasteiger partial charge in [0, 0.05) is 45.3 Å². The summed E-state index contributed by atoms with van der Waals surface area (Å²) in [5, 5.41) is 6.20. The van der Waals surface area contributed by atoms with Crippen molar-refractivity contribution in [2.24, 2.45) is 5.92 Å². The second kappa shape index (κ2) is 9.39. The lowest BCUT2D eigenvalue weighted by Gasteiger charge is -2.33. The molecule has 2 amide bonds. The number of rotatable bonds is 5. The average Bonchev–Trinajstić information content (AvgIpc) is 3.31. The summed E-state index contributed by atoms with van der Waals surface area (Å²) in [6, 6.07) is 3.17. The van der Waals surface area contributed by atoms with Gasteiger partial charge in [0.25, 0.3) is 5.91 Å². The van der Waals surface area contributed by atoms with Crippen molar-refractivity contribution in [2.45, 2.75) is 32.4 Å². The summed E-state index contributed by atoms with van der Waals surface area (Å²) in [7, 11) is 0. The molecule has 0 aliphatic carbocycles. The SMILES string of the molecule is CC(C)C(NC(=O)c1ccco1)C(=O)N1CCC(N2CCNCC2)C1.Cl. The van der Waals surface area contributed by atoms with Gasteiger partial charge in [0.05, 0.1) is 6.26 Å². The third-order valence-corrected chi connectivity index (χ3v) is 5.11. The summed E-state index contributed by atoms with van der Waals surface area (Å²) < 4.78 is 5.13. The molecule has 2 aliphatic rings. The fraction of sp³-hybridized carbons (Fsp3) is 0.667. The van der Waals surface area contributed by atoms with E-state index < -0.39 is 6.04 Å². The Hall–Kier alpha value is -1.57. The molecule has 1 aromatic rings. The van der Waals surface area contributed by atoms with Crippen molar-refractivity contribution < 1.29 is 14.0 Å². The Morgan fingerprint density at radius 3 is 2.62 bits per heavy atom. The molecule has 2 N–H and O–H groups in total. The Kier molecular flexibility index (Phi) is 7.49. The van der Waals surface area contributed by atoms with E-state index in [1.54, 1.807) is 12.1 Å². The number of furan rings is 1. The van der Waals surface area contributed by atoms with Crippen LogP contribution < -0.4 is 10.6 Å². The van der Waals surface area contributed by atoms with Crippen LogP contribution in [0.2, 0.25) is 0 Å². The third-order valence-electron chi connectivity index (χ3n) is 5.11. The highest BCUT2D eigenvalue weighted by Gasteiger charge is 2.35. The molecule has 8 heteroatoms. The van der Waals surface area contributed by atoms with E-state index in [9.17, 15) is 9.59 Å². The van der Waals surface area contributed by atoms with Gasteiger partial charge in [-0.15, -0.1) is 12.4 Å². The summed E-state index contributed by atoms with van der Waals surface area (Å²) >= 11 is 0. The van der Waals surface area contributed by atoms with Crippen LogP contribution in [0.5, 0.6) is 0 Å². The summed E-state index contributed by atoms with van der Waals surface area (Å²) in [6.45, 7) is 9.51. The number of carbonyl (C=O) groups excluding carboxylic acids is 2. The Bertz CT molecular complexity index is 587. The number of halogens is 1. The van der Waals surface area contributed by atoms with E-state index in [0.29, 0.717) is 6.04 Å². The first-order valence-corrected chi connectivity index (χ1v) is 9.14. The second-order valence-electron chi connectivity index (χ2n) is 7.19. The van der Waals surface area contributed by atoms with Crippen molar-refractivity contribution in [3.63, 3.8) is 0 Å². The number of nitrogens with one attached hydrogen (secondary N) is 2. The van der Waals surface area contributed by atoms with E-state index in [1.165, 1.54) is 6.26 Å². The topological polar surface area (TPSA) is 77.8 Å². The highest BCUT2D eigenvalue weighted by Crippen LogP contribution is 2.19. The van der Waals surface area contributed by atoms with Gasteiger partial charge in [-0.05, 0) is 24.5 Å². The number of hydrogen-bond donors (Lipinski definition) is 2. The van der Waals surface area contributed by atoms with Gasteiger partial charge < -0.3 is 20.0 Å². The minimum absolute atomic E-state index is 0. The molecule has 1 aromatic heterocycles. The largest absolute Gasteiger partial charge is 0.459 e. The first-order chi connectivity index (χ1) is 12.1. The molecule has 2 atom stereocenters. The van der Waals surface area contributed by atoms with Crippen molar-refractivity contribution in [1.82, 2.24) is 20.4 Å². The van der Waals surface area contributed by atoms with Crippen LogP contribution in [0.1, 0.15) is 30.8 Å². The van der Waals surface area contributed by atoms with Gasteiger partial charge in [-0.3, -0.25) is 14.5 Å². The number of likely N-dealkylation sites (tertiary alicyclic amines) is 1. The number of amides is 2. The van der Waals surface area contributed by atoms with Crippen LogP contribution in [0.4, 0.5) is 0 Å². The van der Waals surface area contributed by atoms with E-state index in [4.69, 9.17) is 4.42 Å². The van der Waals surface area contributed by atoms with Gasteiger partial charge in [0.15, 0.2) is 5.76 Å². The zero-order valence-corrected chi connectivity index (χ0v) is 16.3. The predicted octanol–water partition coefficient (Wildman–Crippen LogP) is 0.962. The molecule has 2 fully saturated rings. The van der Waals surface area contributed by atoms with Crippen LogP contribution in [0.3, 0.4) is 0 Å². The minimum atomic E-state index is -0.528. The van der Waals surface area contributed by atoms with Crippen LogP contribution in [0, 0.1) is 5.92 Å². The third kappa shape index (κ3) is 4.78. The molecule has 3 heterocycles. The molecule has 2 aliphatic heterocycles. The van der Waals surface area contributed by atoms with Gasteiger partial charge in [-0.2, -0.15) is 0 Å². The van der Waals surface area contributed by atoms with Gasteiger partial charge >= 0.3 is 0 Å². The van der Waals surface area contributed by atoms with Crippen LogP contribution in [-0.2, 0) is 4.79 Å². The van der Waals surface area contributed by atoms with Crippen molar-refractivity contribution in [3.8, 4) is 0 Å². The average molecular weight is 385 g/mol. The highest BCUT2D eigenvalue weighted by atomic mass is 35.5. The summed E-state index contributed by atoms with van der Waals surface area (Å²) in [5.74, 6) is -0.0781. The van der Waals surface area contributed by atoms with E-state index in [1.807, 2.05) is 18.7 Å². The van der Waals surface area contributed by atoms with Crippen LogP contribution in [-0.4, -0.2) is 73.0 Å². The lowest BCUT2D eigenvalue weighted by molar-refractivity contribution is -0.133. The molecule has 146 valence electrons. The molecule has 2 saturated heterocycles. The monoisotopic (exact) mass is 384 g/mol. The van der Waals surface area contributed by atoms with E-state index >= 15 is 0 Å². The van der Waals surface area contributed by atoms with Crippen molar-refractivity contribution in [1.29, 1.82) is 0 Å². The van der Waals surface area contributed by atoms with Crippen LogP contribution in [0.15, 0.2) is 22.8 Å². The molecule has 0 saturated carbocycles. The molecule has 7 nitrogen and oxygen atoms in total. The molecule has 0 spiro atoms. The van der Waals surface area contributed by atoms with E-state index in [2.05, 4.69) is 15.5 Å². The quantitative estimate of drug-likeness (QED) is 0.790. The molecule has 0 radical (unpaired) electrons. The maximum Gasteiger partial charge on any atom is 0.287 e. The number of nitrogens with zero attached hydrogens (tertiary/aromatic N) is 2. The summed E-state index contributed by atoms with van der Waals surface area (Å²) in [5.41, 5.74) is 0. The van der Waals surface area contributed by atoms with Crippen LogP contribution >= 0.6 is 12.4 Å². The lowest BCUT2D eigenvalue weighted by Crippen LogP contribution is -2.52. The molecule has 3 rings (SSSR count). The molecular weight excluding hydrogens is 356 g/mol. The first-order valence-electron chi connectivity index (χ1n) is 9.14. The smallest absolute Gasteiger partial charge is 0.287 e. The molecule has 0 aromatic carbocycles. The van der Waals surface area contributed by atoms with E-state index in [-0.39, 0.29) is 35.9 Å². The normalized spacial score (nSPS) is 22.1. The fourth-order valence-electron chi connectivity index (χ4n) is 3.62. The Labute approximate surface area is 160 Å². The van der Waals surface area contributed by atoms with Gasteiger partial charge in [0.1, 0.15) is 6.04 Å². The standard InChI is InChI=1S/C18H28N4O3.ClH/c1-13(2)16(20-17(23)15-4-3-11-25-15)18(24)22-8-5-14(12-22)21-9-6-19-7-10-21;/h3-4,11,13-14,16,19H,5-10,12H2,1-2H3,(H,20,23);1H. The Morgan fingerprint density at radius 1 is 1.27 bits per heavy atom.